The fourth-order valence-corrected chi connectivity index (χ4v) is 1.65. The summed E-state index contributed by atoms with van der Waals surface area (Å²) in [5.74, 6) is -1.21. The zero-order chi connectivity index (χ0) is 13.1. The molecule has 0 atom stereocenters. The first kappa shape index (κ1) is 12.4. The Morgan fingerprint density at radius 1 is 1.22 bits per heavy atom. The molecule has 0 aliphatic rings. The molecule has 0 aromatic heterocycles. The second kappa shape index (κ2) is 5.06. The fourth-order valence-electron chi connectivity index (χ4n) is 1.49. The Morgan fingerprint density at radius 3 is 2.67 bits per heavy atom. The number of carbonyl (C=O) groups is 1. The van der Waals surface area contributed by atoms with Gasteiger partial charge in [-0.1, -0.05) is 17.7 Å². The van der Waals surface area contributed by atoms with Crippen LogP contribution in [-0.4, -0.2) is 5.91 Å². The predicted molar refractivity (Wildman–Crippen MR) is 70.2 cm³/mol. The Hall–Kier alpha value is -2.07. The molecule has 0 saturated heterocycles. The van der Waals surface area contributed by atoms with Crippen LogP contribution in [0.5, 0.6) is 0 Å². The Kier molecular flexibility index (Phi) is 3.48. The molecule has 0 fully saturated rings. The molecule has 0 unspecified atom stereocenters. The summed E-state index contributed by atoms with van der Waals surface area (Å²) in [7, 11) is 0. The normalized spacial score (nSPS) is 10.1. The first-order valence-electron chi connectivity index (χ1n) is 5.18. The number of anilines is 2. The van der Waals surface area contributed by atoms with Gasteiger partial charge in [0.2, 0.25) is 0 Å². The minimum Gasteiger partial charge on any atom is -0.399 e. The van der Waals surface area contributed by atoms with Gasteiger partial charge in [-0.2, -0.15) is 0 Å². The molecule has 2 aromatic carbocycles. The van der Waals surface area contributed by atoms with Gasteiger partial charge in [-0.05, 0) is 36.4 Å². The lowest BCUT2D eigenvalue weighted by Gasteiger charge is -2.06. The van der Waals surface area contributed by atoms with Crippen LogP contribution in [0.1, 0.15) is 10.4 Å². The molecule has 18 heavy (non-hydrogen) atoms. The molecule has 0 bridgehead atoms. The zero-order valence-corrected chi connectivity index (χ0v) is 10.0. The molecule has 5 heteroatoms. The molecule has 0 saturated carbocycles. The Bertz CT molecular complexity index is 601. The summed E-state index contributed by atoms with van der Waals surface area (Å²) in [5, 5.41) is 2.80. The number of carbonyl (C=O) groups excluding carboxylic acids is 1. The summed E-state index contributed by atoms with van der Waals surface area (Å²) < 4.78 is 13.5. The number of nitrogens with one attached hydrogen (secondary N) is 1. The van der Waals surface area contributed by atoms with Gasteiger partial charge in [0.05, 0.1) is 5.56 Å². The molecule has 2 aromatic rings. The lowest BCUT2D eigenvalue weighted by atomic mass is 10.2. The topological polar surface area (TPSA) is 55.1 Å². The number of hydrogen-bond donors (Lipinski definition) is 2. The SMILES string of the molecule is Nc1cccc(NC(=O)c2ccc(Cl)cc2F)c1. The van der Waals surface area contributed by atoms with Crippen LogP contribution in [0.25, 0.3) is 0 Å². The van der Waals surface area contributed by atoms with Gasteiger partial charge < -0.3 is 11.1 Å². The number of amides is 1. The molecule has 0 aliphatic carbocycles. The van der Waals surface area contributed by atoms with E-state index in [1.54, 1.807) is 24.3 Å². The quantitative estimate of drug-likeness (QED) is 0.818. The minimum absolute atomic E-state index is 0.0678. The van der Waals surface area contributed by atoms with Crippen molar-refractivity contribution in [2.45, 2.75) is 0 Å². The van der Waals surface area contributed by atoms with Gasteiger partial charge >= 0.3 is 0 Å². The highest BCUT2D eigenvalue weighted by Crippen LogP contribution is 2.17. The molecule has 0 heterocycles. The average Bonchev–Trinajstić information content (AvgIpc) is 2.28. The number of nitrogen functional groups attached to an aromatic ring is 1. The van der Waals surface area contributed by atoms with E-state index in [-0.39, 0.29) is 10.6 Å². The third-order valence-corrected chi connectivity index (χ3v) is 2.56. The van der Waals surface area contributed by atoms with Crippen LogP contribution in [-0.2, 0) is 0 Å². The monoisotopic (exact) mass is 264 g/mol. The van der Waals surface area contributed by atoms with Gasteiger partial charge in [-0.3, -0.25) is 4.79 Å². The molecule has 1 amide bonds. The smallest absolute Gasteiger partial charge is 0.258 e. The van der Waals surface area contributed by atoms with Gasteiger partial charge in [0.1, 0.15) is 5.82 Å². The first-order valence-corrected chi connectivity index (χ1v) is 5.56. The van der Waals surface area contributed by atoms with Crippen LogP contribution < -0.4 is 11.1 Å². The van der Waals surface area contributed by atoms with Gasteiger partial charge in [0.25, 0.3) is 5.91 Å². The van der Waals surface area contributed by atoms with E-state index in [2.05, 4.69) is 5.32 Å². The van der Waals surface area contributed by atoms with Gasteiger partial charge in [-0.25, -0.2) is 4.39 Å². The Morgan fingerprint density at radius 2 is 2.00 bits per heavy atom. The van der Waals surface area contributed by atoms with Crippen LogP contribution >= 0.6 is 11.6 Å². The van der Waals surface area contributed by atoms with E-state index in [9.17, 15) is 9.18 Å². The van der Waals surface area contributed by atoms with E-state index in [1.807, 2.05) is 0 Å². The molecule has 0 aliphatic heterocycles. The maximum absolute atomic E-state index is 13.5. The third-order valence-electron chi connectivity index (χ3n) is 2.32. The van der Waals surface area contributed by atoms with Gasteiger partial charge in [-0.15, -0.1) is 0 Å². The number of rotatable bonds is 2. The van der Waals surface area contributed by atoms with Crippen molar-refractivity contribution in [3.05, 3.63) is 58.9 Å². The lowest BCUT2D eigenvalue weighted by molar-refractivity contribution is 0.102. The molecule has 3 nitrogen and oxygen atoms in total. The lowest BCUT2D eigenvalue weighted by Crippen LogP contribution is -2.13. The van der Waals surface area contributed by atoms with Crippen molar-refractivity contribution in [3.8, 4) is 0 Å². The van der Waals surface area contributed by atoms with E-state index in [1.165, 1.54) is 12.1 Å². The van der Waals surface area contributed by atoms with Crippen molar-refractivity contribution in [2.24, 2.45) is 0 Å². The maximum atomic E-state index is 13.5. The highest BCUT2D eigenvalue weighted by atomic mass is 35.5. The Balaban J connectivity index is 2.22. The summed E-state index contributed by atoms with van der Waals surface area (Å²) in [6.07, 6.45) is 0. The van der Waals surface area contributed by atoms with Crippen molar-refractivity contribution in [1.29, 1.82) is 0 Å². The summed E-state index contributed by atoms with van der Waals surface area (Å²) in [6, 6.07) is 10.5. The van der Waals surface area contributed by atoms with Crippen LogP contribution in [0.3, 0.4) is 0 Å². The predicted octanol–water partition coefficient (Wildman–Crippen LogP) is 3.31. The van der Waals surface area contributed by atoms with Crippen LogP contribution in [0.2, 0.25) is 5.02 Å². The van der Waals surface area contributed by atoms with E-state index < -0.39 is 11.7 Å². The standard InChI is InChI=1S/C13H10ClFN2O/c14-8-4-5-11(12(15)6-8)13(18)17-10-3-1-2-9(16)7-10/h1-7H,16H2,(H,17,18). The van der Waals surface area contributed by atoms with Crippen molar-refractivity contribution in [2.75, 3.05) is 11.1 Å². The number of halogens is 2. The second-order valence-corrected chi connectivity index (χ2v) is 4.14. The van der Waals surface area contributed by atoms with Gasteiger partial charge in [0, 0.05) is 16.4 Å². The number of nitrogens with two attached hydrogens (primary N) is 1. The molecule has 0 spiro atoms. The van der Waals surface area contributed by atoms with Gasteiger partial charge in [0.15, 0.2) is 0 Å². The highest BCUT2D eigenvalue weighted by molar-refractivity contribution is 6.30. The van der Waals surface area contributed by atoms with E-state index in [0.29, 0.717) is 11.4 Å². The summed E-state index contributed by atoms with van der Waals surface area (Å²) in [4.78, 5) is 11.8. The summed E-state index contributed by atoms with van der Waals surface area (Å²) in [5.41, 5.74) is 6.54. The molecular weight excluding hydrogens is 255 g/mol. The van der Waals surface area contributed by atoms with Crippen LogP contribution in [0.15, 0.2) is 42.5 Å². The summed E-state index contributed by atoms with van der Waals surface area (Å²) >= 11 is 5.61. The molecule has 0 radical (unpaired) electrons. The van der Waals surface area contributed by atoms with Crippen LogP contribution in [0, 0.1) is 5.82 Å². The average molecular weight is 265 g/mol. The zero-order valence-electron chi connectivity index (χ0n) is 9.28. The van der Waals surface area contributed by atoms with Crippen molar-refractivity contribution >= 4 is 28.9 Å². The Labute approximate surface area is 108 Å². The molecular formula is C13H10ClFN2O. The van der Waals surface area contributed by atoms with Crippen LogP contribution in [0.4, 0.5) is 15.8 Å². The largest absolute Gasteiger partial charge is 0.399 e. The third kappa shape index (κ3) is 2.78. The van der Waals surface area contributed by atoms with Crippen molar-refractivity contribution < 1.29 is 9.18 Å². The molecule has 92 valence electrons. The second-order valence-electron chi connectivity index (χ2n) is 3.70. The van der Waals surface area contributed by atoms with E-state index in [4.69, 9.17) is 17.3 Å². The van der Waals surface area contributed by atoms with E-state index >= 15 is 0 Å². The minimum atomic E-state index is -0.663. The van der Waals surface area contributed by atoms with E-state index in [0.717, 1.165) is 6.07 Å². The number of hydrogen-bond acceptors (Lipinski definition) is 2. The summed E-state index contributed by atoms with van der Waals surface area (Å²) in [6.45, 7) is 0. The first-order chi connectivity index (χ1) is 8.56. The molecule has 2 rings (SSSR count). The maximum Gasteiger partial charge on any atom is 0.258 e. The number of benzene rings is 2. The van der Waals surface area contributed by atoms with Crippen molar-refractivity contribution in [1.82, 2.24) is 0 Å². The highest BCUT2D eigenvalue weighted by Gasteiger charge is 2.12. The molecule has 3 N–H and O–H groups in total. The van der Waals surface area contributed by atoms with Crippen molar-refractivity contribution in [3.63, 3.8) is 0 Å². The fraction of sp³-hybridized carbons (Fsp3) is 0.